The Morgan fingerprint density at radius 3 is 2.09 bits per heavy atom. The Kier molecular flexibility index (Phi) is 6.46. The van der Waals surface area contributed by atoms with Crippen LogP contribution < -0.4 is 4.90 Å². The quantitative estimate of drug-likeness (QED) is 0.196. The molecular formula is C43H31N3O. The molecule has 8 aromatic rings. The molecule has 1 aliphatic rings. The molecule has 2 heterocycles. The molecule has 1 unspecified atom stereocenters. The molecular weight excluding hydrogens is 574 g/mol. The molecule has 0 saturated carbocycles. The normalized spacial score (nSPS) is 14.1. The van der Waals surface area contributed by atoms with Gasteiger partial charge in [0.05, 0.1) is 11.2 Å². The smallest absolute Gasteiger partial charge is 0.161 e. The molecule has 0 bridgehead atoms. The number of hydrogen-bond donors (Lipinski definition) is 0. The number of allylic oxidation sites excluding steroid dienone is 1. The lowest BCUT2D eigenvalue weighted by Gasteiger charge is -2.25. The van der Waals surface area contributed by atoms with Gasteiger partial charge in [-0.1, -0.05) is 104 Å². The van der Waals surface area contributed by atoms with E-state index in [9.17, 15) is 0 Å². The van der Waals surface area contributed by atoms with Crippen LogP contribution in [-0.2, 0) is 0 Å². The highest BCUT2D eigenvalue weighted by Gasteiger charge is 2.26. The van der Waals surface area contributed by atoms with E-state index in [-0.39, 0.29) is 0 Å². The Labute approximate surface area is 273 Å². The molecule has 0 N–H and O–H groups in total. The van der Waals surface area contributed by atoms with Crippen LogP contribution in [-0.4, -0.2) is 9.97 Å². The summed E-state index contributed by atoms with van der Waals surface area (Å²) in [6.45, 7) is 2.28. The minimum absolute atomic E-state index is 0.328. The summed E-state index contributed by atoms with van der Waals surface area (Å²) in [7, 11) is 0. The second kappa shape index (κ2) is 11.1. The van der Waals surface area contributed by atoms with Crippen LogP contribution in [0.3, 0.4) is 0 Å². The molecule has 47 heavy (non-hydrogen) atoms. The van der Waals surface area contributed by atoms with Crippen molar-refractivity contribution in [3.63, 3.8) is 0 Å². The van der Waals surface area contributed by atoms with Gasteiger partial charge in [-0.2, -0.15) is 0 Å². The first-order chi connectivity index (χ1) is 23.2. The minimum atomic E-state index is 0.328. The summed E-state index contributed by atoms with van der Waals surface area (Å²) in [5.41, 5.74) is 11.3. The van der Waals surface area contributed by atoms with Crippen LogP contribution in [0.2, 0.25) is 0 Å². The van der Waals surface area contributed by atoms with Crippen LogP contribution in [0.1, 0.15) is 30.4 Å². The summed E-state index contributed by atoms with van der Waals surface area (Å²) in [6.07, 6.45) is 5.46. The van der Waals surface area contributed by atoms with Gasteiger partial charge < -0.3 is 9.32 Å². The van der Waals surface area contributed by atoms with E-state index >= 15 is 0 Å². The number of nitrogens with zero attached hydrogens (tertiary/aromatic N) is 3. The largest absolute Gasteiger partial charge is 0.456 e. The van der Waals surface area contributed by atoms with Gasteiger partial charge in [-0.15, -0.1) is 0 Å². The predicted octanol–water partition coefficient (Wildman–Crippen LogP) is 11.9. The minimum Gasteiger partial charge on any atom is -0.456 e. The molecule has 0 saturated heterocycles. The number of furan rings is 1. The van der Waals surface area contributed by atoms with Crippen molar-refractivity contribution in [1.82, 2.24) is 9.97 Å². The number of hydrogen-bond acceptors (Lipinski definition) is 4. The van der Waals surface area contributed by atoms with Crippen LogP contribution in [0.15, 0.2) is 150 Å². The van der Waals surface area contributed by atoms with Gasteiger partial charge in [-0.05, 0) is 66.4 Å². The van der Waals surface area contributed by atoms with Crippen molar-refractivity contribution in [2.75, 3.05) is 4.90 Å². The summed E-state index contributed by atoms with van der Waals surface area (Å²) in [6, 6.07) is 48.5. The standard InChI is InChI=1S/C43H31N3O/c1-28-14-13-17-30-26-36(43-44-37-23-12-11-22-34(37)41(45-43)29-15-5-2-6-16-29)40-35-25-24-33(27-38(35)47-42(40)39(28)30)46(31-18-7-3-8-19-31)32-20-9-4-10-21-32/h2-13,15-28H,14H2,1H3. The maximum atomic E-state index is 6.93. The molecule has 6 aromatic carbocycles. The highest BCUT2D eigenvalue weighted by atomic mass is 16.3. The number of anilines is 3. The fraction of sp³-hybridized carbons (Fsp3) is 0.0698. The molecule has 0 amide bonds. The molecule has 4 heteroatoms. The highest BCUT2D eigenvalue weighted by molar-refractivity contribution is 6.15. The highest BCUT2D eigenvalue weighted by Crippen LogP contribution is 2.46. The summed E-state index contributed by atoms with van der Waals surface area (Å²) >= 11 is 0. The monoisotopic (exact) mass is 605 g/mol. The summed E-state index contributed by atoms with van der Waals surface area (Å²) in [4.78, 5) is 12.7. The van der Waals surface area contributed by atoms with E-state index in [0.717, 1.165) is 73.1 Å². The number of para-hydroxylation sites is 3. The third kappa shape index (κ3) is 4.60. The molecule has 0 aliphatic heterocycles. The van der Waals surface area contributed by atoms with Crippen molar-refractivity contribution in [3.8, 4) is 22.6 Å². The lowest BCUT2D eigenvalue weighted by molar-refractivity contribution is 0.650. The molecule has 4 nitrogen and oxygen atoms in total. The van der Waals surface area contributed by atoms with Crippen LogP contribution in [0, 0.1) is 0 Å². The van der Waals surface area contributed by atoms with Crippen molar-refractivity contribution in [2.45, 2.75) is 19.3 Å². The summed E-state index contributed by atoms with van der Waals surface area (Å²) in [5.74, 6) is 1.03. The van der Waals surface area contributed by atoms with E-state index in [2.05, 4.69) is 139 Å². The second-order valence-electron chi connectivity index (χ2n) is 12.2. The van der Waals surface area contributed by atoms with Crippen LogP contribution in [0.5, 0.6) is 0 Å². The fourth-order valence-electron chi connectivity index (χ4n) is 7.07. The van der Waals surface area contributed by atoms with Crippen molar-refractivity contribution >= 4 is 56.0 Å². The topological polar surface area (TPSA) is 42.2 Å². The Bertz CT molecular complexity index is 2410. The van der Waals surface area contributed by atoms with Crippen molar-refractivity contribution in [2.24, 2.45) is 0 Å². The zero-order chi connectivity index (χ0) is 31.3. The average Bonchev–Trinajstić information content (AvgIpc) is 3.51. The molecule has 2 aromatic heterocycles. The molecule has 224 valence electrons. The van der Waals surface area contributed by atoms with Gasteiger partial charge in [0.15, 0.2) is 5.82 Å². The molecule has 0 spiro atoms. The number of aromatic nitrogens is 2. The van der Waals surface area contributed by atoms with E-state index in [4.69, 9.17) is 14.4 Å². The first-order valence-corrected chi connectivity index (χ1v) is 16.2. The summed E-state index contributed by atoms with van der Waals surface area (Å²) < 4.78 is 6.93. The number of benzene rings is 6. The van der Waals surface area contributed by atoms with Gasteiger partial charge in [0.2, 0.25) is 0 Å². The first-order valence-electron chi connectivity index (χ1n) is 16.2. The van der Waals surface area contributed by atoms with E-state index in [1.807, 2.05) is 24.3 Å². The van der Waals surface area contributed by atoms with E-state index < -0.39 is 0 Å². The van der Waals surface area contributed by atoms with Gasteiger partial charge >= 0.3 is 0 Å². The Morgan fingerprint density at radius 1 is 0.660 bits per heavy atom. The molecule has 1 atom stereocenters. The van der Waals surface area contributed by atoms with Crippen LogP contribution >= 0.6 is 0 Å². The third-order valence-corrected chi connectivity index (χ3v) is 9.26. The number of fused-ring (bicyclic) bond motifs is 6. The molecule has 0 fully saturated rings. The third-order valence-electron chi connectivity index (χ3n) is 9.26. The average molecular weight is 606 g/mol. The van der Waals surface area contributed by atoms with E-state index in [0.29, 0.717) is 11.7 Å². The SMILES string of the molecule is CC1CC=Cc2cc(-c3nc(-c4ccccc4)c4ccccc4n3)c3c(oc4cc(N(c5ccccc5)c5ccccc5)ccc43)c21. The molecule has 0 radical (unpaired) electrons. The Morgan fingerprint density at radius 2 is 1.34 bits per heavy atom. The fourth-order valence-corrected chi connectivity index (χ4v) is 7.07. The van der Waals surface area contributed by atoms with Crippen LogP contribution in [0.4, 0.5) is 17.1 Å². The van der Waals surface area contributed by atoms with Crippen molar-refractivity contribution < 1.29 is 4.42 Å². The number of rotatable bonds is 5. The zero-order valence-electron chi connectivity index (χ0n) is 26.0. The van der Waals surface area contributed by atoms with Gasteiger partial charge in [0.25, 0.3) is 0 Å². The van der Waals surface area contributed by atoms with Crippen LogP contribution in [0.25, 0.3) is 61.6 Å². The Hall–Kier alpha value is -6.00. The molecule has 9 rings (SSSR count). The predicted molar refractivity (Wildman–Crippen MR) is 194 cm³/mol. The first kappa shape index (κ1) is 27.3. The van der Waals surface area contributed by atoms with E-state index in [1.54, 1.807) is 0 Å². The zero-order valence-corrected chi connectivity index (χ0v) is 26.0. The van der Waals surface area contributed by atoms with E-state index in [1.165, 1.54) is 11.1 Å². The maximum absolute atomic E-state index is 6.93. The Balaban J connectivity index is 1.32. The van der Waals surface area contributed by atoms with Crippen molar-refractivity contribution in [1.29, 1.82) is 0 Å². The second-order valence-corrected chi connectivity index (χ2v) is 12.2. The van der Waals surface area contributed by atoms with Gasteiger partial charge in [-0.25, -0.2) is 9.97 Å². The lowest BCUT2D eigenvalue weighted by Crippen LogP contribution is -2.09. The van der Waals surface area contributed by atoms with Gasteiger partial charge in [0, 0.05) is 56.0 Å². The van der Waals surface area contributed by atoms with Gasteiger partial charge in [-0.3, -0.25) is 0 Å². The van der Waals surface area contributed by atoms with Gasteiger partial charge in [0.1, 0.15) is 11.2 Å². The summed E-state index contributed by atoms with van der Waals surface area (Å²) in [5, 5.41) is 3.16. The van der Waals surface area contributed by atoms with Crippen molar-refractivity contribution in [3.05, 3.63) is 157 Å². The molecule has 1 aliphatic carbocycles. The maximum Gasteiger partial charge on any atom is 0.161 e. The lowest BCUT2D eigenvalue weighted by atomic mass is 9.85.